The maximum absolute atomic E-state index is 12.1. The Morgan fingerprint density at radius 1 is 0.955 bits per heavy atom. The fourth-order valence-corrected chi connectivity index (χ4v) is 1.93. The van der Waals surface area contributed by atoms with E-state index >= 15 is 0 Å². The molecule has 0 aliphatic carbocycles. The summed E-state index contributed by atoms with van der Waals surface area (Å²) in [5, 5.41) is 0. The highest BCUT2D eigenvalue weighted by molar-refractivity contribution is 5.92. The summed E-state index contributed by atoms with van der Waals surface area (Å²) < 4.78 is 10.5. The lowest BCUT2D eigenvalue weighted by molar-refractivity contribution is 0.0377. The maximum Gasteiger partial charge on any atom is 0.339 e. The summed E-state index contributed by atoms with van der Waals surface area (Å²) in [6.07, 6.45) is -0.164. The molecule has 0 amide bonds. The van der Waals surface area contributed by atoms with Crippen LogP contribution >= 0.6 is 0 Å². The lowest BCUT2D eigenvalue weighted by Crippen LogP contribution is -2.12. The molecule has 0 aromatic heterocycles. The molecule has 0 unspecified atom stereocenters. The fourth-order valence-electron chi connectivity index (χ4n) is 1.93. The molecular weight excluding hydrogens is 276 g/mol. The van der Waals surface area contributed by atoms with E-state index in [0.29, 0.717) is 16.9 Å². The molecule has 0 saturated heterocycles. The second-order valence-corrected chi connectivity index (χ2v) is 4.95. The topological polar surface area (TPSA) is 35.5 Å². The molecule has 0 aliphatic rings. The number of hydrogen-bond donors (Lipinski definition) is 0. The summed E-state index contributed by atoms with van der Waals surface area (Å²) in [5.41, 5.74) is 1.88. The Kier molecular flexibility index (Phi) is 5.21. The molecule has 0 bridgehead atoms. The van der Waals surface area contributed by atoms with Crippen LogP contribution in [0, 0.1) is 11.8 Å². The molecule has 0 radical (unpaired) electrons. The Morgan fingerprint density at radius 3 is 2.23 bits per heavy atom. The van der Waals surface area contributed by atoms with Gasteiger partial charge in [0.15, 0.2) is 0 Å². The van der Waals surface area contributed by atoms with Crippen LogP contribution in [0.5, 0.6) is 5.75 Å². The predicted octanol–water partition coefficient (Wildman–Crippen LogP) is 3.66. The van der Waals surface area contributed by atoms with Crippen molar-refractivity contribution in [1.82, 2.24) is 0 Å². The van der Waals surface area contributed by atoms with Crippen LogP contribution in [0.4, 0.5) is 0 Å². The summed E-state index contributed by atoms with van der Waals surface area (Å²) in [6, 6.07) is 14.7. The third kappa shape index (κ3) is 3.89. The van der Waals surface area contributed by atoms with Crippen molar-refractivity contribution in [1.29, 1.82) is 0 Å². The van der Waals surface area contributed by atoms with Crippen LogP contribution < -0.4 is 4.74 Å². The van der Waals surface area contributed by atoms with Gasteiger partial charge in [-0.15, -0.1) is 0 Å². The van der Waals surface area contributed by atoms with Crippen molar-refractivity contribution in [2.75, 3.05) is 7.11 Å². The van der Waals surface area contributed by atoms with Crippen LogP contribution in [0.15, 0.2) is 48.5 Å². The molecule has 112 valence electrons. The van der Waals surface area contributed by atoms with Gasteiger partial charge in [0.25, 0.3) is 0 Å². The average Bonchev–Trinajstić information content (AvgIpc) is 2.52. The number of benzene rings is 2. The first kappa shape index (κ1) is 15.7. The smallest absolute Gasteiger partial charge is 0.339 e. The minimum absolute atomic E-state index is 0.164. The molecule has 22 heavy (non-hydrogen) atoms. The Hall–Kier alpha value is -2.73. The Labute approximate surface area is 130 Å². The van der Waals surface area contributed by atoms with E-state index in [-0.39, 0.29) is 12.1 Å². The molecule has 3 nitrogen and oxygen atoms in total. The number of esters is 1. The van der Waals surface area contributed by atoms with Crippen molar-refractivity contribution in [3.05, 3.63) is 65.2 Å². The lowest BCUT2D eigenvalue weighted by atomic mass is 10.1. The molecule has 3 heteroatoms. The van der Waals surface area contributed by atoms with Gasteiger partial charge in [-0.1, -0.05) is 36.1 Å². The zero-order valence-electron chi connectivity index (χ0n) is 12.9. The summed E-state index contributed by atoms with van der Waals surface area (Å²) in [5.74, 6) is 6.42. The second kappa shape index (κ2) is 7.33. The summed E-state index contributed by atoms with van der Waals surface area (Å²) in [4.78, 5) is 12.1. The number of hydrogen-bond acceptors (Lipinski definition) is 3. The summed E-state index contributed by atoms with van der Waals surface area (Å²) in [6.45, 7) is 3.64. The molecule has 0 spiro atoms. The van der Waals surface area contributed by atoms with E-state index in [1.54, 1.807) is 25.3 Å². The second-order valence-electron chi connectivity index (χ2n) is 4.95. The van der Waals surface area contributed by atoms with E-state index in [4.69, 9.17) is 9.47 Å². The van der Waals surface area contributed by atoms with Gasteiger partial charge in [-0.05, 0) is 38.1 Å². The van der Waals surface area contributed by atoms with Crippen LogP contribution in [0.3, 0.4) is 0 Å². The number of para-hydroxylation sites is 1. The van der Waals surface area contributed by atoms with Crippen LogP contribution in [0.25, 0.3) is 0 Å². The highest BCUT2D eigenvalue weighted by Crippen LogP contribution is 2.16. The number of ether oxygens (including phenoxy) is 2. The molecular formula is C19H18O3. The zero-order valence-corrected chi connectivity index (χ0v) is 12.9. The van der Waals surface area contributed by atoms with Gasteiger partial charge < -0.3 is 9.47 Å². The van der Waals surface area contributed by atoms with Crippen LogP contribution in [0.1, 0.15) is 35.3 Å². The monoisotopic (exact) mass is 294 g/mol. The van der Waals surface area contributed by atoms with Crippen LogP contribution in [0.2, 0.25) is 0 Å². The van der Waals surface area contributed by atoms with Gasteiger partial charge >= 0.3 is 5.97 Å². The quantitative estimate of drug-likeness (QED) is 0.640. The van der Waals surface area contributed by atoms with E-state index in [1.165, 1.54) is 0 Å². The Balaban J connectivity index is 2.35. The van der Waals surface area contributed by atoms with Crippen molar-refractivity contribution >= 4 is 5.97 Å². The first-order chi connectivity index (χ1) is 10.6. The average molecular weight is 294 g/mol. The highest BCUT2D eigenvalue weighted by atomic mass is 16.5. The fraction of sp³-hybridized carbons (Fsp3) is 0.211. The van der Waals surface area contributed by atoms with E-state index in [9.17, 15) is 4.79 Å². The van der Waals surface area contributed by atoms with Crippen LogP contribution in [-0.4, -0.2) is 19.2 Å². The minimum Gasteiger partial charge on any atom is -0.495 e. The Bertz CT molecular complexity index is 721. The largest absolute Gasteiger partial charge is 0.495 e. The Morgan fingerprint density at radius 2 is 1.55 bits per heavy atom. The number of carbonyl (C=O) groups excluding carboxylic acids is 1. The lowest BCUT2D eigenvalue weighted by Gasteiger charge is -2.09. The zero-order chi connectivity index (χ0) is 15.9. The van der Waals surface area contributed by atoms with Crippen molar-refractivity contribution in [2.45, 2.75) is 20.0 Å². The van der Waals surface area contributed by atoms with Crippen molar-refractivity contribution < 1.29 is 14.3 Å². The normalized spacial score (nSPS) is 9.82. The summed E-state index contributed by atoms with van der Waals surface area (Å²) >= 11 is 0. The highest BCUT2D eigenvalue weighted by Gasteiger charge is 2.12. The van der Waals surface area contributed by atoms with Gasteiger partial charge in [-0.2, -0.15) is 0 Å². The maximum atomic E-state index is 12.1. The molecule has 0 N–H and O–H groups in total. The minimum atomic E-state index is -0.361. The van der Waals surface area contributed by atoms with Gasteiger partial charge in [-0.3, -0.25) is 0 Å². The first-order valence-corrected chi connectivity index (χ1v) is 7.07. The number of rotatable bonds is 3. The predicted molar refractivity (Wildman–Crippen MR) is 86.0 cm³/mol. The third-order valence-electron chi connectivity index (χ3n) is 2.93. The number of carbonyl (C=O) groups is 1. The molecule has 0 aliphatic heterocycles. The molecule has 0 atom stereocenters. The van der Waals surface area contributed by atoms with Gasteiger partial charge in [-0.25, -0.2) is 4.79 Å². The summed E-state index contributed by atoms with van der Waals surface area (Å²) in [7, 11) is 1.61. The van der Waals surface area contributed by atoms with Gasteiger partial charge in [0.1, 0.15) is 5.75 Å². The molecule has 0 heterocycles. The first-order valence-electron chi connectivity index (χ1n) is 7.07. The van der Waals surface area contributed by atoms with Crippen LogP contribution in [-0.2, 0) is 4.74 Å². The SMILES string of the molecule is COc1ccccc1C#Cc1ccccc1C(=O)OC(C)C. The van der Waals surface area contributed by atoms with Gasteiger partial charge in [0.2, 0.25) is 0 Å². The molecule has 2 rings (SSSR count). The number of methoxy groups -OCH3 is 1. The van der Waals surface area contributed by atoms with Gasteiger partial charge in [0, 0.05) is 5.56 Å². The van der Waals surface area contributed by atoms with Crippen molar-refractivity contribution in [2.24, 2.45) is 0 Å². The van der Waals surface area contributed by atoms with E-state index in [0.717, 1.165) is 5.56 Å². The standard InChI is InChI=1S/C19H18O3/c1-14(2)22-19(20)17-10-6-4-8-15(17)12-13-16-9-5-7-11-18(16)21-3/h4-11,14H,1-3H3. The van der Waals surface area contributed by atoms with Crippen molar-refractivity contribution in [3.8, 4) is 17.6 Å². The molecule has 2 aromatic carbocycles. The third-order valence-corrected chi connectivity index (χ3v) is 2.93. The van der Waals surface area contributed by atoms with E-state index in [1.807, 2.05) is 44.2 Å². The molecule has 0 fully saturated rings. The molecule has 2 aromatic rings. The van der Waals surface area contributed by atoms with Crippen molar-refractivity contribution in [3.63, 3.8) is 0 Å². The molecule has 0 saturated carbocycles. The van der Waals surface area contributed by atoms with E-state index < -0.39 is 0 Å². The van der Waals surface area contributed by atoms with E-state index in [2.05, 4.69) is 11.8 Å². The van der Waals surface area contributed by atoms with Gasteiger partial charge in [0.05, 0.1) is 24.3 Å².